The average molecular weight is 448 g/mol. The predicted molar refractivity (Wildman–Crippen MR) is 105 cm³/mol. The van der Waals surface area contributed by atoms with Crippen molar-refractivity contribution in [3.8, 4) is 0 Å². The Bertz CT molecular complexity index is 630. The molecule has 0 radical (unpaired) electrons. The van der Waals surface area contributed by atoms with Crippen LogP contribution >= 0.6 is 35.3 Å². The number of nitrogens with one attached hydrogen (secondary N) is 2. The number of guanidine groups is 1. The highest BCUT2D eigenvalue weighted by Crippen LogP contribution is 2.10. The Kier molecular flexibility index (Phi) is 9.08. The van der Waals surface area contributed by atoms with Gasteiger partial charge in [0.25, 0.3) is 0 Å². The molecule has 1 aromatic heterocycles. The first-order chi connectivity index (χ1) is 10.7. The Labute approximate surface area is 157 Å². The maximum Gasteiger partial charge on any atom is 0.191 e. The molecule has 2 aromatic rings. The first-order valence-electron chi connectivity index (χ1n) is 7.27. The molecule has 23 heavy (non-hydrogen) atoms. The fraction of sp³-hybridized carbons (Fsp3) is 0.375. The van der Waals surface area contributed by atoms with E-state index in [0.29, 0.717) is 6.54 Å². The minimum atomic E-state index is -0.179. The van der Waals surface area contributed by atoms with Crippen LogP contribution in [-0.4, -0.2) is 24.5 Å². The maximum atomic E-state index is 13.1. The Balaban J connectivity index is 0.00000264. The molecule has 0 unspecified atom stereocenters. The summed E-state index contributed by atoms with van der Waals surface area (Å²) < 4.78 is 13.1. The van der Waals surface area contributed by atoms with Crippen LogP contribution in [0.5, 0.6) is 0 Å². The molecule has 0 aliphatic rings. The highest BCUT2D eigenvalue weighted by atomic mass is 127. The third-order valence-electron chi connectivity index (χ3n) is 3.12. The minimum Gasteiger partial charge on any atom is -0.356 e. The van der Waals surface area contributed by atoms with E-state index in [9.17, 15) is 4.39 Å². The molecule has 0 bridgehead atoms. The van der Waals surface area contributed by atoms with Gasteiger partial charge in [0.15, 0.2) is 5.96 Å². The zero-order chi connectivity index (χ0) is 15.8. The van der Waals surface area contributed by atoms with Gasteiger partial charge in [0.2, 0.25) is 0 Å². The van der Waals surface area contributed by atoms with E-state index in [-0.39, 0.29) is 29.8 Å². The lowest BCUT2D eigenvalue weighted by atomic mass is 10.1. The summed E-state index contributed by atoms with van der Waals surface area (Å²) in [6.45, 7) is 3.50. The van der Waals surface area contributed by atoms with Gasteiger partial charge in [-0.2, -0.15) is 0 Å². The van der Waals surface area contributed by atoms with Gasteiger partial charge in [0, 0.05) is 24.7 Å². The molecule has 0 atom stereocenters. The van der Waals surface area contributed by atoms with E-state index in [1.165, 1.54) is 10.9 Å². The van der Waals surface area contributed by atoms with Crippen molar-refractivity contribution in [2.75, 3.05) is 13.6 Å². The van der Waals surface area contributed by atoms with E-state index in [1.807, 2.05) is 19.2 Å². The van der Waals surface area contributed by atoms with Gasteiger partial charge in [0.05, 0.1) is 6.54 Å². The second kappa shape index (κ2) is 10.5. The number of hydrogen-bond donors (Lipinski definition) is 2. The lowest BCUT2D eigenvalue weighted by molar-refractivity contribution is 0.624. The predicted octanol–water partition coefficient (Wildman–Crippen LogP) is 3.51. The van der Waals surface area contributed by atoms with Crippen molar-refractivity contribution >= 4 is 41.3 Å². The lowest BCUT2D eigenvalue weighted by Gasteiger charge is -2.10. The van der Waals surface area contributed by atoms with Crippen molar-refractivity contribution in [2.24, 2.45) is 4.99 Å². The second-order valence-electron chi connectivity index (χ2n) is 4.95. The van der Waals surface area contributed by atoms with Crippen LogP contribution in [0.15, 0.2) is 35.5 Å². The van der Waals surface area contributed by atoms with Crippen LogP contribution in [0.25, 0.3) is 0 Å². The summed E-state index contributed by atoms with van der Waals surface area (Å²) in [5.41, 5.74) is 1.02. The number of thiazole rings is 1. The number of rotatable bonds is 6. The van der Waals surface area contributed by atoms with Gasteiger partial charge in [-0.15, -0.1) is 35.3 Å². The standard InChI is InChI=1S/C16H21FN4S.HI/c1-12-10-20-15(22-12)11-21-16(18-2)19-8-4-6-13-5-3-7-14(17)9-13;/h3,5,7,9-10H,4,6,8,11H2,1-2H3,(H2,18,19,21);1H. The molecule has 1 aromatic carbocycles. The molecule has 0 aliphatic carbocycles. The van der Waals surface area contributed by atoms with Gasteiger partial charge in [0.1, 0.15) is 10.8 Å². The molecule has 0 fully saturated rings. The molecule has 0 saturated heterocycles. The summed E-state index contributed by atoms with van der Waals surface area (Å²) >= 11 is 1.68. The third kappa shape index (κ3) is 7.26. The van der Waals surface area contributed by atoms with Gasteiger partial charge in [-0.05, 0) is 37.5 Å². The van der Waals surface area contributed by atoms with Gasteiger partial charge >= 0.3 is 0 Å². The third-order valence-corrected chi connectivity index (χ3v) is 4.04. The Morgan fingerprint density at radius 3 is 2.83 bits per heavy atom. The van der Waals surface area contributed by atoms with Crippen LogP contribution < -0.4 is 10.6 Å². The fourth-order valence-corrected chi connectivity index (χ4v) is 2.78. The lowest BCUT2D eigenvalue weighted by Crippen LogP contribution is -2.37. The normalized spacial score (nSPS) is 11.0. The van der Waals surface area contributed by atoms with Crippen molar-refractivity contribution in [1.82, 2.24) is 15.6 Å². The van der Waals surface area contributed by atoms with Crippen molar-refractivity contribution in [3.05, 3.63) is 51.7 Å². The van der Waals surface area contributed by atoms with E-state index < -0.39 is 0 Å². The van der Waals surface area contributed by atoms with Crippen LogP contribution in [0.3, 0.4) is 0 Å². The Morgan fingerprint density at radius 2 is 2.17 bits per heavy atom. The average Bonchev–Trinajstić information content (AvgIpc) is 2.92. The number of aromatic nitrogens is 1. The quantitative estimate of drug-likeness (QED) is 0.308. The highest BCUT2D eigenvalue weighted by Gasteiger charge is 2.01. The molecule has 2 rings (SSSR count). The molecule has 0 amide bonds. The first-order valence-corrected chi connectivity index (χ1v) is 8.09. The first kappa shape index (κ1) is 19.8. The van der Waals surface area contributed by atoms with Gasteiger partial charge in [-0.25, -0.2) is 9.37 Å². The van der Waals surface area contributed by atoms with Gasteiger partial charge in [-0.1, -0.05) is 12.1 Å². The van der Waals surface area contributed by atoms with Crippen LogP contribution in [0.1, 0.15) is 21.9 Å². The molecule has 0 saturated carbocycles. The van der Waals surface area contributed by atoms with Gasteiger partial charge in [-0.3, -0.25) is 4.99 Å². The van der Waals surface area contributed by atoms with Crippen molar-refractivity contribution in [1.29, 1.82) is 0 Å². The minimum absolute atomic E-state index is 0. The zero-order valence-corrected chi connectivity index (χ0v) is 16.5. The number of halogens is 2. The highest BCUT2D eigenvalue weighted by molar-refractivity contribution is 14.0. The molecule has 126 valence electrons. The maximum absolute atomic E-state index is 13.1. The second-order valence-corrected chi connectivity index (χ2v) is 6.27. The number of hydrogen-bond acceptors (Lipinski definition) is 3. The molecule has 7 heteroatoms. The summed E-state index contributed by atoms with van der Waals surface area (Å²) in [7, 11) is 1.75. The largest absolute Gasteiger partial charge is 0.356 e. The number of aliphatic imine (C=N–C) groups is 1. The number of nitrogens with zero attached hydrogens (tertiary/aromatic N) is 2. The summed E-state index contributed by atoms with van der Waals surface area (Å²) in [5.74, 6) is 0.578. The van der Waals surface area contributed by atoms with Crippen molar-refractivity contribution in [3.63, 3.8) is 0 Å². The van der Waals surface area contributed by atoms with Crippen molar-refractivity contribution in [2.45, 2.75) is 26.3 Å². The number of aryl methyl sites for hydroxylation is 2. The monoisotopic (exact) mass is 448 g/mol. The van der Waals surface area contributed by atoms with Gasteiger partial charge < -0.3 is 10.6 Å². The van der Waals surface area contributed by atoms with E-state index in [0.717, 1.165) is 35.9 Å². The summed E-state index contributed by atoms with van der Waals surface area (Å²) in [4.78, 5) is 9.69. The van der Waals surface area contributed by atoms with Crippen LogP contribution in [0.2, 0.25) is 0 Å². The SMILES string of the molecule is CN=C(NCCCc1cccc(F)c1)NCc1ncc(C)s1.I. The van der Waals surface area contributed by atoms with E-state index in [2.05, 4.69) is 20.6 Å². The summed E-state index contributed by atoms with van der Waals surface area (Å²) in [5, 5.41) is 7.53. The molecule has 2 N–H and O–H groups in total. The van der Waals surface area contributed by atoms with E-state index in [1.54, 1.807) is 30.5 Å². The Hall–Kier alpha value is -1.22. The molecule has 0 spiro atoms. The van der Waals surface area contributed by atoms with Crippen LogP contribution in [0, 0.1) is 12.7 Å². The summed E-state index contributed by atoms with van der Waals surface area (Å²) in [6.07, 6.45) is 3.63. The zero-order valence-electron chi connectivity index (χ0n) is 13.3. The molecule has 1 heterocycles. The summed E-state index contributed by atoms with van der Waals surface area (Å²) in [6, 6.07) is 6.74. The molecule has 0 aliphatic heterocycles. The topological polar surface area (TPSA) is 49.3 Å². The van der Waals surface area contributed by atoms with Crippen LogP contribution in [0.4, 0.5) is 4.39 Å². The smallest absolute Gasteiger partial charge is 0.191 e. The van der Waals surface area contributed by atoms with E-state index >= 15 is 0 Å². The molecular formula is C16H22FIN4S. The van der Waals surface area contributed by atoms with Crippen LogP contribution in [-0.2, 0) is 13.0 Å². The molecular weight excluding hydrogens is 426 g/mol. The number of benzene rings is 1. The fourth-order valence-electron chi connectivity index (χ4n) is 2.05. The van der Waals surface area contributed by atoms with Crippen molar-refractivity contribution < 1.29 is 4.39 Å². The molecule has 4 nitrogen and oxygen atoms in total. The Morgan fingerprint density at radius 1 is 1.35 bits per heavy atom. The van der Waals surface area contributed by atoms with E-state index in [4.69, 9.17) is 0 Å².